The first-order valence-corrected chi connectivity index (χ1v) is 9.48. The van der Waals surface area contributed by atoms with Crippen LogP contribution in [0.5, 0.6) is 0 Å². The predicted molar refractivity (Wildman–Crippen MR) is 135 cm³/mol. The second-order valence-corrected chi connectivity index (χ2v) is 7.73. The van der Waals surface area contributed by atoms with Crippen molar-refractivity contribution >= 4 is 53.7 Å². The number of nitrogens with zero attached hydrogens (tertiary/aromatic N) is 3. The molecule has 0 saturated heterocycles. The molecular weight excluding hydrogens is 455 g/mol. The number of hydrogen-bond donors (Lipinski definition) is 1. The Hall–Kier alpha value is -2.20. The zero-order valence-electron chi connectivity index (χ0n) is 18.8. The summed E-state index contributed by atoms with van der Waals surface area (Å²) in [5.41, 5.74) is 4.73. The van der Waals surface area contributed by atoms with Gasteiger partial charge < -0.3 is 26.1 Å². The van der Waals surface area contributed by atoms with E-state index in [0.717, 1.165) is 35.3 Å². The number of carbonyl (C=O) groups is 2. The summed E-state index contributed by atoms with van der Waals surface area (Å²) in [5, 5.41) is 2.94. The highest BCUT2D eigenvalue weighted by atomic mass is 35.5. The normalized spacial score (nSPS) is 11.5. The van der Waals surface area contributed by atoms with Crippen molar-refractivity contribution in [3.8, 4) is 0 Å². The number of fused-ring (bicyclic) bond motifs is 2. The molecule has 2 aromatic carbocycles. The molecule has 5 N–H and O–H groups in total. The maximum atomic E-state index is 13.2. The number of rotatable bonds is 5. The molecule has 0 unspecified atom stereocenters. The van der Waals surface area contributed by atoms with Gasteiger partial charge in [0, 0.05) is 5.69 Å². The molecule has 2 aromatic rings. The Morgan fingerprint density at radius 1 is 0.844 bits per heavy atom. The number of para-hydroxylation sites is 1. The molecule has 0 bridgehead atoms. The fraction of sp³-hybridized carbons (Fsp3) is 0.364. The standard InChI is InChI=1S/C22H28N4O2.2ClH.2H2O/c1-24(2)14-21(27)23-18-12-11-17-10-9-16-7-5-6-8-19(16)26(20(17)13-18)22(28)15-25(3)4;;;;/h5-8,11-13H,9-10,14-15H2,1-4H3,(H,23,27);2*1H;2*1H2. The zero-order valence-corrected chi connectivity index (χ0v) is 20.5. The zero-order chi connectivity index (χ0) is 20.3. The Morgan fingerprint density at radius 3 is 2.00 bits per heavy atom. The number of amides is 2. The smallest absolute Gasteiger partial charge is 0.245 e. The molecule has 1 aliphatic heterocycles. The fourth-order valence-electron chi connectivity index (χ4n) is 3.50. The van der Waals surface area contributed by atoms with Gasteiger partial charge in [0.25, 0.3) is 0 Å². The lowest BCUT2D eigenvalue weighted by atomic mass is 10.0. The van der Waals surface area contributed by atoms with E-state index in [2.05, 4.69) is 11.4 Å². The molecule has 2 amide bonds. The van der Waals surface area contributed by atoms with Crippen LogP contribution >= 0.6 is 24.8 Å². The quantitative estimate of drug-likeness (QED) is 0.688. The van der Waals surface area contributed by atoms with Gasteiger partial charge in [0.15, 0.2) is 0 Å². The van der Waals surface area contributed by atoms with Crippen molar-refractivity contribution in [1.29, 1.82) is 0 Å². The van der Waals surface area contributed by atoms with Crippen LogP contribution < -0.4 is 10.2 Å². The molecule has 0 aliphatic carbocycles. The molecule has 10 heteroatoms. The minimum atomic E-state index is -0.0786. The van der Waals surface area contributed by atoms with Gasteiger partial charge in [0.05, 0.1) is 24.5 Å². The molecular formula is C22H34Cl2N4O4. The molecule has 32 heavy (non-hydrogen) atoms. The van der Waals surface area contributed by atoms with Gasteiger partial charge in [-0.25, -0.2) is 0 Å². The number of halogens is 2. The summed E-state index contributed by atoms with van der Waals surface area (Å²) < 4.78 is 0. The van der Waals surface area contributed by atoms with E-state index < -0.39 is 0 Å². The Kier molecular flexibility index (Phi) is 14.0. The van der Waals surface area contributed by atoms with Crippen LogP contribution in [0.2, 0.25) is 0 Å². The second kappa shape index (κ2) is 14.1. The van der Waals surface area contributed by atoms with Gasteiger partial charge in [-0.3, -0.25) is 14.5 Å². The highest BCUT2D eigenvalue weighted by Gasteiger charge is 2.26. The van der Waals surface area contributed by atoms with Gasteiger partial charge in [-0.2, -0.15) is 0 Å². The van der Waals surface area contributed by atoms with Gasteiger partial charge in [-0.1, -0.05) is 24.3 Å². The van der Waals surface area contributed by atoms with Gasteiger partial charge in [0.2, 0.25) is 11.8 Å². The van der Waals surface area contributed by atoms with Crippen molar-refractivity contribution in [3.05, 3.63) is 53.6 Å². The lowest BCUT2D eigenvalue weighted by molar-refractivity contribution is -0.118. The van der Waals surface area contributed by atoms with E-state index in [1.54, 1.807) is 4.90 Å². The van der Waals surface area contributed by atoms with E-state index in [4.69, 9.17) is 0 Å². The highest BCUT2D eigenvalue weighted by molar-refractivity contribution is 6.04. The molecule has 1 aliphatic rings. The van der Waals surface area contributed by atoms with Crippen LogP contribution in [0.25, 0.3) is 0 Å². The van der Waals surface area contributed by atoms with Crippen molar-refractivity contribution in [3.63, 3.8) is 0 Å². The van der Waals surface area contributed by atoms with Crippen LogP contribution in [0.1, 0.15) is 11.1 Å². The molecule has 8 nitrogen and oxygen atoms in total. The first kappa shape index (κ1) is 32.0. The summed E-state index contributed by atoms with van der Waals surface area (Å²) in [7, 11) is 7.49. The van der Waals surface area contributed by atoms with Crippen molar-refractivity contribution < 1.29 is 20.5 Å². The average molecular weight is 489 g/mol. The summed E-state index contributed by atoms with van der Waals surface area (Å²) in [4.78, 5) is 30.8. The van der Waals surface area contributed by atoms with Crippen LogP contribution in [-0.2, 0) is 22.4 Å². The van der Waals surface area contributed by atoms with Gasteiger partial charge >= 0.3 is 0 Å². The van der Waals surface area contributed by atoms with Crippen LogP contribution in [-0.4, -0.2) is 73.8 Å². The maximum absolute atomic E-state index is 13.2. The number of anilines is 3. The van der Waals surface area contributed by atoms with E-state index in [1.165, 1.54) is 0 Å². The molecule has 0 spiro atoms. The minimum absolute atomic E-state index is 0. The monoisotopic (exact) mass is 488 g/mol. The summed E-state index contributed by atoms with van der Waals surface area (Å²) in [6.45, 7) is 0.619. The number of carbonyl (C=O) groups excluding carboxylic acids is 2. The van der Waals surface area contributed by atoms with Gasteiger partial charge in [-0.15, -0.1) is 24.8 Å². The van der Waals surface area contributed by atoms with E-state index in [1.807, 2.05) is 74.4 Å². The topological polar surface area (TPSA) is 119 Å². The van der Waals surface area contributed by atoms with E-state index >= 15 is 0 Å². The van der Waals surface area contributed by atoms with Crippen molar-refractivity contribution in [2.45, 2.75) is 12.8 Å². The SMILES string of the molecule is CN(C)CC(=O)Nc1ccc2c(c1)N(C(=O)CN(C)C)c1ccccc1CC2.Cl.Cl.O.O. The Morgan fingerprint density at radius 2 is 1.41 bits per heavy atom. The molecule has 0 aromatic heterocycles. The minimum Gasteiger partial charge on any atom is -0.412 e. The summed E-state index contributed by atoms with van der Waals surface area (Å²) in [6, 6.07) is 13.9. The third-order valence-electron chi connectivity index (χ3n) is 4.67. The lowest BCUT2D eigenvalue weighted by Crippen LogP contribution is -2.35. The molecule has 3 rings (SSSR count). The number of nitrogens with one attached hydrogen (secondary N) is 1. The number of likely N-dealkylation sites (N-methyl/N-ethyl adjacent to an activating group) is 2. The third-order valence-corrected chi connectivity index (χ3v) is 4.67. The maximum Gasteiger partial charge on any atom is 0.245 e. The number of hydrogen-bond acceptors (Lipinski definition) is 4. The highest BCUT2D eigenvalue weighted by Crippen LogP contribution is 2.37. The van der Waals surface area contributed by atoms with E-state index in [-0.39, 0.29) is 47.6 Å². The first-order chi connectivity index (χ1) is 13.3. The van der Waals surface area contributed by atoms with E-state index in [9.17, 15) is 9.59 Å². The van der Waals surface area contributed by atoms with Crippen molar-refractivity contribution in [2.75, 3.05) is 51.5 Å². The molecule has 1 heterocycles. The largest absolute Gasteiger partial charge is 0.412 e. The van der Waals surface area contributed by atoms with E-state index in [0.29, 0.717) is 18.8 Å². The Labute approximate surface area is 202 Å². The second-order valence-electron chi connectivity index (χ2n) is 7.73. The molecule has 0 radical (unpaired) electrons. The van der Waals surface area contributed by atoms with Crippen LogP contribution in [0.4, 0.5) is 17.1 Å². The predicted octanol–water partition coefficient (Wildman–Crippen LogP) is 1.71. The van der Waals surface area contributed by atoms with Crippen molar-refractivity contribution in [2.24, 2.45) is 0 Å². The lowest BCUT2D eigenvalue weighted by Gasteiger charge is -2.27. The van der Waals surface area contributed by atoms with Crippen LogP contribution in [0, 0.1) is 0 Å². The summed E-state index contributed by atoms with van der Waals surface area (Å²) in [6.07, 6.45) is 1.73. The molecule has 180 valence electrons. The number of aryl methyl sites for hydroxylation is 2. The average Bonchev–Trinajstić information content (AvgIpc) is 2.76. The Balaban J connectivity index is 0. The number of benzene rings is 2. The Bertz CT molecular complexity index is 894. The van der Waals surface area contributed by atoms with Gasteiger partial charge in [0.1, 0.15) is 0 Å². The molecule has 0 fully saturated rings. The van der Waals surface area contributed by atoms with Gasteiger partial charge in [-0.05, 0) is 70.4 Å². The molecule has 0 atom stereocenters. The fourth-order valence-corrected chi connectivity index (χ4v) is 3.50. The van der Waals surface area contributed by atoms with Crippen LogP contribution in [0.15, 0.2) is 42.5 Å². The first-order valence-electron chi connectivity index (χ1n) is 9.48. The van der Waals surface area contributed by atoms with Crippen molar-refractivity contribution in [1.82, 2.24) is 9.80 Å². The summed E-state index contributed by atoms with van der Waals surface area (Å²) in [5.74, 6) is -0.0671. The molecule has 0 saturated carbocycles. The third kappa shape index (κ3) is 7.74. The summed E-state index contributed by atoms with van der Waals surface area (Å²) >= 11 is 0. The van der Waals surface area contributed by atoms with Crippen LogP contribution in [0.3, 0.4) is 0 Å².